The molecule has 4 nitrogen and oxygen atoms in total. The Morgan fingerprint density at radius 2 is 2.05 bits per heavy atom. The van der Waals surface area contributed by atoms with E-state index in [2.05, 4.69) is 25.8 Å². The van der Waals surface area contributed by atoms with Gasteiger partial charge in [-0.3, -0.25) is 0 Å². The number of benzene rings is 1. The number of nitrogens with zero attached hydrogens (tertiary/aromatic N) is 1. The molecule has 4 heteroatoms. The van der Waals surface area contributed by atoms with Crippen molar-refractivity contribution in [3.05, 3.63) is 23.8 Å². The number of unbranched alkanes of at least 4 members (excludes halogenated alkanes) is 2. The van der Waals surface area contributed by atoms with Gasteiger partial charge in [0.15, 0.2) is 11.5 Å². The maximum absolute atomic E-state index is 5.85. The van der Waals surface area contributed by atoms with E-state index in [1.807, 2.05) is 18.2 Å². The van der Waals surface area contributed by atoms with E-state index in [9.17, 15) is 0 Å². The van der Waals surface area contributed by atoms with Gasteiger partial charge in [-0.25, -0.2) is 4.99 Å². The van der Waals surface area contributed by atoms with Gasteiger partial charge < -0.3 is 14.2 Å². The number of hydrogen-bond acceptors (Lipinski definition) is 4. The lowest BCUT2D eigenvalue weighted by Gasteiger charge is -2.12. The molecule has 1 aliphatic rings. The fourth-order valence-electron chi connectivity index (χ4n) is 2.19. The SMILES string of the molecule is CCCCCOc1cc(C2=NC(C)(C)CO2)ccc1OC. The Kier molecular flexibility index (Phi) is 5.10. The quantitative estimate of drug-likeness (QED) is 0.717. The highest BCUT2D eigenvalue weighted by Crippen LogP contribution is 2.30. The Morgan fingerprint density at radius 1 is 1.24 bits per heavy atom. The summed E-state index contributed by atoms with van der Waals surface area (Å²) in [5.74, 6) is 2.18. The minimum absolute atomic E-state index is 0.155. The number of methoxy groups -OCH3 is 1. The fourth-order valence-corrected chi connectivity index (χ4v) is 2.19. The predicted octanol–water partition coefficient (Wildman–Crippen LogP) is 3.82. The number of hydrogen-bond donors (Lipinski definition) is 0. The van der Waals surface area contributed by atoms with Gasteiger partial charge in [0.1, 0.15) is 6.61 Å². The predicted molar refractivity (Wildman–Crippen MR) is 84.6 cm³/mol. The van der Waals surface area contributed by atoms with Gasteiger partial charge in [0, 0.05) is 5.56 Å². The summed E-state index contributed by atoms with van der Waals surface area (Å²) < 4.78 is 16.9. The van der Waals surface area contributed by atoms with Gasteiger partial charge in [0.05, 0.1) is 19.3 Å². The molecular formula is C17H25NO3. The minimum Gasteiger partial charge on any atom is -0.493 e. The summed E-state index contributed by atoms with van der Waals surface area (Å²) in [6, 6.07) is 5.81. The molecule has 0 saturated carbocycles. The lowest BCUT2D eigenvalue weighted by atomic mass is 10.1. The molecule has 1 aromatic carbocycles. The van der Waals surface area contributed by atoms with Gasteiger partial charge in [-0.2, -0.15) is 0 Å². The Labute approximate surface area is 127 Å². The normalized spacial score (nSPS) is 16.3. The lowest BCUT2D eigenvalue weighted by Crippen LogP contribution is -2.17. The summed E-state index contributed by atoms with van der Waals surface area (Å²) in [6.07, 6.45) is 3.40. The molecule has 1 heterocycles. The van der Waals surface area contributed by atoms with Crippen LogP contribution < -0.4 is 9.47 Å². The molecule has 21 heavy (non-hydrogen) atoms. The van der Waals surface area contributed by atoms with Gasteiger partial charge in [0.2, 0.25) is 5.90 Å². The van der Waals surface area contributed by atoms with Crippen LogP contribution in [0.3, 0.4) is 0 Å². The third-order valence-corrected chi connectivity index (χ3v) is 3.38. The van der Waals surface area contributed by atoms with Crippen LogP contribution in [0.2, 0.25) is 0 Å². The van der Waals surface area contributed by atoms with Crippen molar-refractivity contribution in [2.45, 2.75) is 45.6 Å². The molecule has 0 N–H and O–H groups in total. The Bertz CT molecular complexity index is 509. The van der Waals surface area contributed by atoms with Gasteiger partial charge in [0.25, 0.3) is 0 Å². The Morgan fingerprint density at radius 3 is 2.67 bits per heavy atom. The highest BCUT2D eigenvalue weighted by atomic mass is 16.5. The summed E-state index contributed by atoms with van der Waals surface area (Å²) in [6.45, 7) is 7.61. The highest BCUT2D eigenvalue weighted by Gasteiger charge is 2.27. The molecule has 0 fully saturated rings. The average Bonchev–Trinajstić information content (AvgIpc) is 2.83. The van der Waals surface area contributed by atoms with Crippen LogP contribution >= 0.6 is 0 Å². The molecular weight excluding hydrogens is 266 g/mol. The molecule has 0 radical (unpaired) electrons. The molecule has 0 atom stereocenters. The van der Waals surface area contributed by atoms with Crippen molar-refractivity contribution in [3.63, 3.8) is 0 Å². The van der Waals surface area contributed by atoms with Crippen LogP contribution in [0.15, 0.2) is 23.2 Å². The standard InChI is InChI=1S/C17H25NO3/c1-5-6-7-10-20-15-11-13(8-9-14(15)19-4)16-18-17(2,3)12-21-16/h8-9,11H,5-7,10,12H2,1-4H3. The second kappa shape index (κ2) is 6.83. The zero-order valence-corrected chi connectivity index (χ0v) is 13.4. The third-order valence-electron chi connectivity index (χ3n) is 3.38. The van der Waals surface area contributed by atoms with E-state index in [0.29, 0.717) is 19.1 Å². The first kappa shape index (κ1) is 15.7. The Hall–Kier alpha value is -1.71. The van der Waals surface area contributed by atoms with Gasteiger partial charge >= 0.3 is 0 Å². The highest BCUT2D eigenvalue weighted by molar-refractivity contribution is 5.96. The second-order valence-electron chi connectivity index (χ2n) is 5.94. The van der Waals surface area contributed by atoms with Crippen molar-refractivity contribution < 1.29 is 14.2 Å². The van der Waals surface area contributed by atoms with E-state index >= 15 is 0 Å². The van der Waals surface area contributed by atoms with E-state index in [0.717, 1.165) is 23.5 Å². The summed E-state index contributed by atoms with van der Waals surface area (Å²) in [5, 5.41) is 0. The number of rotatable bonds is 7. The van der Waals surface area contributed by atoms with Crippen molar-refractivity contribution >= 4 is 5.90 Å². The molecule has 0 unspecified atom stereocenters. The van der Waals surface area contributed by atoms with E-state index in [-0.39, 0.29) is 5.54 Å². The monoisotopic (exact) mass is 291 g/mol. The largest absolute Gasteiger partial charge is 0.493 e. The maximum atomic E-state index is 5.85. The van der Waals surface area contributed by atoms with Crippen molar-refractivity contribution in [2.75, 3.05) is 20.3 Å². The van der Waals surface area contributed by atoms with E-state index in [1.165, 1.54) is 12.8 Å². The van der Waals surface area contributed by atoms with Gasteiger partial charge in [-0.15, -0.1) is 0 Å². The van der Waals surface area contributed by atoms with Crippen LogP contribution in [0.25, 0.3) is 0 Å². The Balaban J connectivity index is 2.14. The summed E-state index contributed by atoms with van der Waals surface area (Å²) in [4.78, 5) is 4.60. The lowest BCUT2D eigenvalue weighted by molar-refractivity contribution is 0.278. The zero-order valence-electron chi connectivity index (χ0n) is 13.4. The second-order valence-corrected chi connectivity index (χ2v) is 5.94. The topological polar surface area (TPSA) is 40.0 Å². The average molecular weight is 291 g/mol. The van der Waals surface area contributed by atoms with Gasteiger partial charge in [-0.1, -0.05) is 19.8 Å². The molecule has 2 rings (SSSR count). The fraction of sp³-hybridized carbons (Fsp3) is 0.588. The molecule has 0 amide bonds. The van der Waals surface area contributed by atoms with Crippen molar-refractivity contribution in [2.24, 2.45) is 4.99 Å². The zero-order chi connectivity index (χ0) is 15.3. The molecule has 0 aromatic heterocycles. The molecule has 116 valence electrons. The molecule has 1 aromatic rings. The molecule has 1 aliphatic heterocycles. The first-order chi connectivity index (χ1) is 10.1. The van der Waals surface area contributed by atoms with Crippen LogP contribution in [-0.4, -0.2) is 31.8 Å². The summed E-state index contributed by atoms with van der Waals surface area (Å²) in [7, 11) is 1.65. The van der Waals surface area contributed by atoms with Gasteiger partial charge in [-0.05, 0) is 38.5 Å². The molecule has 0 aliphatic carbocycles. The van der Waals surface area contributed by atoms with Crippen molar-refractivity contribution in [1.82, 2.24) is 0 Å². The third kappa shape index (κ3) is 4.13. The van der Waals surface area contributed by atoms with Crippen LogP contribution in [-0.2, 0) is 4.74 Å². The number of ether oxygens (including phenoxy) is 3. The maximum Gasteiger partial charge on any atom is 0.216 e. The smallest absolute Gasteiger partial charge is 0.216 e. The van der Waals surface area contributed by atoms with Crippen LogP contribution in [0.5, 0.6) is 11.5 Å². The van der Waals surface area contributed by atoms with Crippen molar-refractivity contribution in [3.8, 4) is 11.5 Å². The molecule has 0 spiro atoms. The van der Waals surface area contributed by atoms with Crippen molar-refractivity contribution in [1.29, 1.82) is 0 Å². The van der Waals surface area contributed by atoms with E-state index in [4.69, 9.17) is 14.2 Å². The van der Waals surface area contributed by atoms with E-state index in [1.54, 1.807) is 7.11 Å². The van der Waals surface area contributed by atoms with Crippen LogP contribution in [0, 0.1) is 0 Å². The minimum atomic E-state index is -0.155. The van der Waals surface area contributed by atoms with Crippen LogP contribution in [0.1, 0.15) is 45.6 Å². The van der Waals surface area contributed by atoms with E-state index < -0.39 is 0 Å². The molecule has 0 bridgehead atoms. The van der Waals surface area contributed by atoms with Crippen LogP contribution in [0.4, 0.5) is 0 Å². The molecule has 0 saturated heterocycles. The number of aliphatic imine (C=N–C) groups is 1. The summed E-state index contributed by atoms with van der Waals surface area (Å²) in [5.41, 5.74) is 0.782. The first-order valence-electron chi connectivity index (χ1n) is 7.59. The first-order valence-corrected chi connectivity index (χ1v) is 7.59. The summed E-state index contributed by atoms with van der Waals surface area (Å²) >= 11 is 0.